The Kier molecular flexibility index (Phi) is 10.8. The van der Waals surface area contributed by atoms with Crippen molar-refractivity contribution in [2.45, 2.75) is 91.2 Å². The molecule has 0 saturated carbocycles. The molecule has 0 unspecified atom stereocenters. The van der Waals surface area contributed by atoms with Crippen LogP contribution < -0.4 is 5.32 Å². The van der Waals surface area contributed by atoms with Crippen LogP contribution in [-0.4, -0.2) is 77.2 Å². The SMILES string of the molecule is CCOC(=O)C[C@H](NC(=O)[C@@H]1CCCN(C(=O)CCC2CCN(C(=O)OC(C)(C)C)CC2)C1)c1cc(C)no1. The van der Waals surface area contributed by atoms with Crippen LogP contribution in [0.15, 0.2) is 10.6 Å². The molecule has 0 bridgehead atoms. The van der Waals surface area contributed by atoms with Crippen LogP contribution in [0, 0.1) is 18.8 Å². The van der Waals surface area contributed by atoms with Gasteiger partial charge >= 0.3 is 12.1 Å². The van der Waals surface area contributed by atoms with Gasteiger partial charge in [-0.05, 0) is 72.6 Å². The van der Waals surface area contributed by atoms with E-state index in [9.17, 15) is 19.2 Å². The van der Waals surface area contributed by atoms with E-state index in [0.29, 0.717) is 56.4 Å². The second-order valence-electron chi connectivity index (χ2n) is 11.6. The van der Waals surface area contributed by atoms with E-state index in [1.165, 1.54) is 0 Å². The molecule has 0 aromatic carbocycles. The molecule has 3 heterocycles. The van der Waals surface area contributed by atoms with Gasteiger partial charge in [-0.25, -0.2) is 4.79 Å². The summed E-state index contributed by atoms with van der Waals surface area (Å²) >= 11 is 0. The number of hydrogen-bond donors (Lipinski definition) is 1. The second kappa shape index (κ2) is 13.8. The average Bonchev–Trinajstić information content (AvgIpc) is 3.32. The zero-order valence-electron chi connectivity index (χ0n) is 24.0. The van der Waals surface area contributed by atoms with Crippen LogP contribution in [0.4, 0.5) is 4.79 Å². The first-order valence-electron chi connectivity index (χ1n) is 14.1. The van der Waals surface area contributed by atoms with Crippen molar-refractivity contribution in [3.63, 3.8) is 0 Å². The molecule has 2 atom stereocenters. The average molecular weight is 549 g/mol. The summed E-state index contributed by atoms with van der Waals surface area (Å²) in [5.74, 6) is -0.190. The number of aromatic nitrogens is 1. The summed E-state index contributed by atoms with van der Waals surface area (Å²) < 4.78 is 15.8. The maximum absolute atomic E-state index is 13.2. The van der Waals surface area contributed by atoms with Crippen LogP contribution >= 0.6 is 0 Å². The predicted molar refractivity (Wildman–Crippen MR) is 142 cm³/mol. The standard InChI is InChI=1S/C28H44N4O7/c1-6-37-25(34)17-22(23-16-19(2)30-39-23)29-26(35)21-8-7-13-32(18-21)24(33)10-9-20-11-14-31(15-12-20)27(36)38-28(3,4)5/h16,20-22H,6-15,17-18H2,1-5H3,(H,29,35)/t21-,22+/m1/s1. The maximum Gasteiger partial charge on any atom is 0.410 e. The van der Waals surface area contributed by atoms with Gasteiger partial charge in [0.25, 0.3) is 0 Å². The smallest absolute Gasteiger partial charge is 0.410 e. The van der Waals surface area contributed by atoms with Crippen molar-refractivity contribution in [3.05, 3.63) is 17.5 Å². The molecule has 3 amide bonds. The fraction of sp³-hybridized carbons (Fsp3) is 0.750. The van der Waals surface area contributed by atoms with Crippen molar-refractivity contribution in [1.29, 1.82) is 0 Å². The van der Waals surface area contributed by atoms with Gasteiger partial charge in [0.2, 0.25) is 11.8 Å². The number of amides is 3. The fourth-order valence-electron chi connectivity index (χ4n) is 5.08. The van der Waals surface area contributed by atoms with E-state index < -0.39 is 17.6 Å². The van der Waals surface area contributed by atoms with Crippen LogP contribution in [0.3, 0.4) is 0 Å². The number of likely N-dealkylation sites (tertiary alicyclic amines) is 2. The van der Waals surface area contributed by atoms with Crippen LogP contribution in [0.1, 0.15) is 90.1 Å². The minimum atomic E-state index is -0.685. The Morgan fingerprint density at radius 3 is 2.46 bits per heavy atom. The van der Waals surface area contributed by atoms with Gasteiger partial charge < -0.3 is 29.1 Å². The number of hydrogen-bond acceptors (Lipinski definition) is 8. The third kappa shape index (κ3) is 9.54. The molecule has 1 aromatic rings. The van der Waals surface area contributed by atoms with Gasteiger partial charge in [-0.15, -0.1) is 0 Å². The number of carbonyl (C=O) groups excluding carboxylic acids is 4. The normalized spacial score (nSPS) is 19.4. The molecule has 2 aliphatic rings. The molecule has 218 valence electrons. The predicted octanol–water partition coefficient (Wildman–Crippen LogP) is 3.76. The van der Waals surface area contributed by atoms with E-state index in [1.54, 1.807) is 29.7 Å². The zero-order chi connectivity index (χ0) is 28.6. The molecule has 39 heavy (non-hydrogen) atoms. The first-order valence-corrected chi connectivity index (χ1v) is 14.1. The van der Waals surface area contributed by atoms with Crippen molar-refractivity contribution in [2.24, 2.45) is 11.8 Å². The Hall–Kier alpha value is -3.11. The third-order valence-electron chi connectivity index (χ3n) is 7.16. The molecule has 2 fully saturated rings. The maximum atomic E-state index is 13.2. The first kappa shape index (κ1) is 30.4. The molecule has 11 heteroatoms. The number of nitrogens with one attached hydrogen (secondary N) is 1. The van der Waals surface area contributed by atoms with Gasteiger partial charge in [-0.3, -0.25) is 14.4 Å². The molecular weight excluding hydrogens is 504 g/mol. The number of rotatable bonds is 9. The number of ether oxygens (including phenoxy) is 2. The van der Waals surface area contributed by atoms with Gasteiger partial charge in [0, 0.05) is 38.7 Å². The molecule has 1 N–H and O–H groups in total. The minimum Gasteiger partial charge on any atom is -0.466 e. The lowest BCUT2D eigenvalue weighted by atomic mass is 9.91. The summed E-state index contributed by atoms with van der Waals surface area (Å²) in [5.41, 5.74) is 0.137. The monoisotopic (exact) mass is 548 g/mol. The number of esters is 1. The number of aryl methyl sites for hydroxylation is 1. The van der Waals surface area contributed by atoms with E-state index >= 15 is 0 Å². The first-order chi connectivity index (χ1) is 18.4. The number of carbonyl (C=O) groups is 4. The molecule has 2 saturated heterocycles. The van der Waals surface area contributed by atoms with Crippen LogP contribution in [0.25, 0.3) is 0 Å². The van der Waals surface area contributed by atoms with E-state index in [1.807, 2.05) is 20.8 Å². The Balaban J connectivity index is 1.47. The van der Waals surface area contributed by atoms with E-state index in [2.05, 4.69) is 10.5 Å². The Labute approximate surface area is 230 Å². The molecular formula is C28H44N4O7. The van der Waals surface area contributed by atoms with Crippen molar-refractivity contribution < 1.29 is 33.2 Å². The summed E-state index contributed by atoms with van der Waals surface area (Å²) in [6.07, 6.45) is 3.95. The van der Waals surface area contributed by atoms with E-state index in [4.69, 9.17) is 14.0 Å². The summed E-state index contributed by atoms with van der Waals surface area (Å²) in [6.45, 7) is 11.6. The quantitative estimate of drug-likeness (QED) is 0.462. The Morgan fingerprint density at radius 2 is 1.85 bits per heavy atom. The minimum absolute atomic E-state index is 0.0519. The number of nitrogens with zero attached hydrogens (tertiary/aromatic N) is 3. The summed E-state index contributed by atoms with van der Waals surface area (Å²) in [4.78, 5) is 54.1. The lowest BCUT2D eigenvalue weighted by molar-refractivity contribution is -0.144. The van der Waals surface area contributed by atoms with Gasteiger partial charge in [0.1, 0.15) is 11.6 Å². The molecule has 0 radical (unpaired) electrons. The largest absolute Gasteiger partial charge is 0.466 e. The van der Waals surface area contributed by atoms with Crippen LogP contribution in [0.2, 0.25) is 0 Å². The van der Waals surface area contributed by atoms with Crippen molar-refractivity contribution in [3.8, 4) is 0 Å². The lowest BCUT2D eigenvalue weighted by Crippen LogP contribution is -2.46. The zero-order valence-corrected chi connectivity index (χ0v) is 24.0. The second-order valence-corrected chi connectivity index (χ2v) is 11.6. The van der Waals surface area contributed by atoms with Crippen molar-refractivity contribution >= 4 is 23.9 Å². The van der Waals surface area contributed by atoms with E-state index in [-0.39, 0.29) is 36.9 Å². The van der Waals surface area contributed by atoms with Gasteiger partial charge in [-0.2, -0.15) is 0 Å². The molecule has 0 spiro atoms. The lowest BCUT2D eigenvalue weighted by Gasteiger charge is -2.35. The molecule has 0 aliphatic carbocycles. The summed E-state index contributed by atoms with van der Waals surface area (Å²) in [5, 5.41) is 6.80. The Bertz CT molecular complexity index is 994. The van der Waals surface area contributed by atoms with Crippen LogP contribution in [0.5, 0.6) is 0 Å². The highest BCUT2D eigenvalue weighted by Gasteiger charge is 2.32. The third-order valence-corrected chi connectivity index (χ3v) is 7.16. The van der Waals surface area contributed by atoms with Gasteiger partial charge in [-0.1, -0.05) is 5.16 Å². The molecule has 1 aromatic heterocycles. The van der Waals surface area contributed by atoms with Crippen molar-refractivity contribution in [2.75, 3.05) is 32.8 Å². The summed E-state index contributed by atoms with van der Waals surface area (Å²) in [7, 11) is 0. The van der Waals surface area contributed by atoms with Crippen LogP contribution in [-0.2, 0) is 23.9 Å². The molecule has 3 rings (SSSR count). The molecule has 2 aliphatic heterocycles. The van der Waals surface area contributed by atoms with Gasteiger partial charge in [0.05, 0.1) is 24.6 Å². The topological polar surface area (TPSA) is 131 Å². The number of piperidine rings is 2. The highest BCUT2D eigenvalue weighted by Crippen LogP contribution is 2.26. The van der Waals surface area contributed by atoms with E-state index in [0.717, 1.165) is 25.7 Å². The highest BCUT2D eigenvalue weighted by molar-refractivity contribution is 5.82. The molecule has 11 nitrogen and oxygen atoms in total. The fourth-order valence-corrected chi connectivity index (χ4v) is 5.08. The van der Waals surface area contributed by atoms with Gasteiger partial charge in [0.15, 0.2) is 5.76 Å². The highest BCUT2D eigenvalue weighted by atomic mass is 16.6. The van der Waals surface area contributed by atoms with Crippen molar-refractivity contribution in [1.82, 2.24) is 20.3 Å². The Morgan fingerprint density at radius 1 is 1.13 bits per heavy atom. The summed E-state index contributed by atoms with van der Waals surface area (Å²) in [6, 6.07) is 1.01.